The van der Waals surface area contributed by atoms with Crippen molar-refractivity contribution in [2.45, 2.75) is 18.5 Å². The molecule has 13 heteroatoms. The van der Waals surface area contributed by atoms with Crippen molar-refractivity contribution in [2.75, 3.05) is 17.7 Å². The molecule has 188 valence electrons. The summed E-state index contributed by atoms with van der Waals surface area (Å²) in [6, 6.07) is 13.3. The Labute approximate surface area is 216 Å². The molecule has 3 aromatic heterocycles. The summed E-state index contributed by atoms with van der Waals surface area (Å²) in [5, 5.41) is 0.615. The number of hydrogen-bond acceptors (Lipinski definition) is 8. The topological polar surface area (TPSA) is 139 Å². The summed E-state index contributed by atoms with van der Waals surface area (Å²) >= 11 is 6.44. The largest absolute Gasteiger partial charge is 0.343 e. The average molecular weight is 537 g/mol. The molecule has 2 atom stereocenters. The Morgan fingerprint density at radius 2 is 1.89 bits per heavy atom. The van der Waals surface area contributed by atoms with Crippen molar-refractivity contribution in [1.29, 1.82) is 0 Å². The van der Waals surface area contributed by atoms with E-state index in [-0.39, 0.29) is 12.1 Å². The van der Waals surface area contributed by atoms with Gasteiger partial charge in [0.05, 0.1) is 40.2 Å². The summed E-state index contributed by atoms with van der Waals surface area (Å²) in [7, 11) is -3.50. The minimum Gasteiger partial charge on any atom is -0.343 e. The molecule has 1 aliphatic rings. The van der Waals surface area contributed by atoms with Gasteiger partial charge in [0, 0.05) is 12.6 Å². The van der Waals surface area contributed by atoms with Gasteiger partial charge in [0.25, 0.3) is 5.56 Å². The zero-order valence-electron chi connectivity index (χ0n) is 19.5. The van der Waals surface area contributed by atoms with E-state index in [9.17, 15) is 13.2 Å². The van der Waals surface area contributed by atoms with Crippen LogP contribution >= 0.6 is 11.6 Å². The van der Waals surface area contributed by atoms with Gasteiger partial charge < -0.3 is 9.88 Å². The van der Waals surface area contributed by atoms with Crippen LogP contribution in [0.5, 0.6) is 0 Å². The third-order valence-corrected chi connectivity index (χ3v) is 7.41. The van der Waals surface area contributed by atoms with E-state index >= 15 is 0 Å². The molecule has 2 aromatic carbocycles. The van der Waals surface area contributed by atoms with Crippen LogP contribution in [0.4, 0.5) is 5.82 Å². The van der Waals surface area contributed by atoms with Crippen LogP contribution in [-0.4, -0.2) is 56.7 Å². The second kappa shape index (κ2) is 8.91. The molecule has 2 N–H and O–H groups in total. The fourth-order valence-corrected chi connectivity index (χ4v) is 5.95. The van der Waals surface area contributed by atoms with E-state index in [2.05, 4.69) is 24.7 Å². The van der Waals surface area contributed by atoms with Crippen molar-refractivity contribution in [3.8, 4) is 5.69 Å². The third kappa shape index (κ3) is 4.22. The fraction of sp³-hybridized carbons (Fsp3) is 0.208. The van der Waals surface area contributed by atoms with Gasteiger partial charge in [-0.15, -0.1) is 0 Å². The van der Waals surface area contributed by atoms with Gasteiger partial charge in [0.15, 0.2) is 11.5 Å². The number of rotatable bonds is 5. The van der Waals surface area contributed by atoms with Gasteiger partial charge in [0.1, 0.15) is 17.7 Å². The number of aromatic amines is 1. The molecular weight excluding hydrogens is 516 g/mol. The molecule has 0 unspecified atom stereocenters. The number of benzene rings is 2. The molecule has 37 heavy (non-hydrogen) atoms. The first-order valence-corrected chi connectivity index (χ1v) is 13.7. The quantitative estimate of drug-likeness (QED) is 0.349. The molecule has 6 rings (SSSR count). The summed E-state index contributed by atoms with van der Waals surface area (Å²) in [5.41, 5.74) is 1.83. The van der Waals surface area contributed by atoms with Crippen molar-refractivity contribution in [3.05, 3.63) is 82.4 Å². The average Bonchev–Trinajstić information content (AvgIpc) is 3.50. The van der Waals surface area contributed by atoms with Crippen molar-refractivity contribution in [1.82, 2.24) is 34.2 Å². The number of aromatic nitrogens is 6. The molecule has 1 fully saturated rings. The van der Waals surface area contributed by atoms with Crippen LogP contribution in [0.3, 0.4) is 0 Å². The lowest BCUT2D eigenvalue weighted by Crippen LogP contribution is -2.36. The van der Waals surface area contributed by atoms with Crippen molar-refractivity contribution in [3.63, 3.8) is 0 Å². The van der Waals surface area contributed by atoms with Gasteiger partial charge in [0.2, 0.25) is 10.0 Å². The summed E-state index contributed by atoms with van der Waals surface area (Å²) < 4.78 is 28.5. The van der Waals surface area contributed by atoms with Gasteiger partial charge in [-0.25, -0.2) is 33.1 Å². The molecule has 0 spiro atoms. The second-order valence-electron chi connectivity index (χ2n) is 8.87. The van der Waals surface area contributed by atoms with E-state index in [1.54, 1.807) is 18.2 Å². The van der Waals surface area contributed by atoms with Crippen LogP contribution in [0.1, 0.15) is 18.3 Å². The summed E-state index contributed by atoms with van der Waals surface area (Å²) in [6.45, 7) is 0.287. The normalized spacial score (nSPS) is 18.2. The van der Waals surface area contributed by atoms with Crippen LogP contribution in [0.2, 0.25) is 5.02 Å². The second-order valence-corrected chi connectivity index (χ2v) is 11.1. The SMILES string of the molecule is CS(=O)(=O)N[C@H]1C[C@@H](c2nc3cccc(Cl)c3c(=O)n2-c2ccccc2)N(c2ncnc3[nH]cnc23)C1. The van der Waals surface area contributed by atoms with Crippen LogP contribution < -0.4 is 15.2 Å². The summed E-state index contributed by atoms with van der Waals surface area (Å²) in [4.78, 5) is 36.8. The lowest BCUT2D eigenvalue weighted by molar-refractivity contribution is 0.556. The molecule has 0 bridgehead atoms. The molecule has 0 saturated carbocycles. The standard InChI is InChI=1S/C24H21ClN8O3S/c1-37(35,36)31-14-10-18(32(11-14)23-20-21(27-12-26-20)28-13-29-23)22-30-17-9-5-8-16(25)19(17)24(34)33(22)15-6-3-2-4-7-15/h2-9,12-14,18,31H,10-11H2,1H3,(H,26,27,28,29)/t14-,18-/m0/s1. The van der Waals surface area contributed by atoms with Gasteiger partial charge in [-0.3, -0.25) is 9.36 Å². The van der Waals surface area contributed by atoms with Crippen molar-refractivity contribution >= 4 is 49.5 Å². The first-order valence-electron chi connectivity index (χ1n) is 11.4. The zero-order valence-corrected chi connectivity index (χ0v) is 21.1. The Morgan fingerprint density at radius 1 is 1.08 bits per heavy atom. The van der Waals surface area contributed by atoms with E-state index in [0.717, 1.165) is 6.26 Å². The maximum atomic E-state index is 13.9. The third-order valence-electron chi connectivity index (χ3n) is 6.34. The number of nitrogens with zero attached hydrogens (tertiary/aromatic N) is 6. The molecule has 1 saturated heterocycles. The van der Waals surface area contributed by atoms with Gasteiger partial charge in [-0.1, -0.05) is 35.9 Å². The van der Waals surface area contributed by atoms with E-state index in [4.69, 9.17) is 16.6 Å². The molecule has 1 aliphatic heterocycles. The Balaban J connectivity index is 1.61. The van der Waals surface area contributed by atoms with Crippen LogP contribution in [0.15, 0.2) is 66.0 Å². The van der Waals surface area contributed by atoms with Gasteiger partial charge >= 0.3 is 0 Å². The van der Waals surface area contributed by atoms with Crippen LogP contribution in [0.25, 0.3) is 27.8 Å². The number of H-pyrrole nitrogens is 1. The maximum Gasteiger partial charge on any atom is 0.267 e. The molecule has 5 aromatic rings. The Hall–Kier alpha value is -3.87. The highest BCUT2D eigenvalue weighted by Gasteiger charge is 2.39. The number of hydrogen-bond donors (Lipinski definition) is 2. The highest BCUT2D eigenvalue weighted by atomic mass is 35.5. The van der Waals surface area contributed by atoms with E-state index < -0.39 is 22.1 Å². The van der Waals surface area contributed by atoms with Crippen molar-refractivity contribution in [2.24, 2.45) is 0 Å². The van der Waals surface area contributed by atoms with Gasteiger partial charge in [-0.2, -0.15) is 0 Å². The number of anilines is 1. The first kappa shape index (κ1) is 23.5. The molecule has 0 amide bonds. The number of fused-ring (bicyclic) bond motifs is 2. The highest BCUT2D eigenvalue weighted by molar-refractivity contribution is 7.88. The monoisotopic (exact) mass is 536 g/mol. The fourth-order valence-electron chi connectivity index (χ4n) is 4.92. The predicted molar refractivity (Wildman–Crippen MR) is 141 cm³/mol. The molecule has 0 radical (unpaired) electrons. The number of sulfonamides is 1. The van der Waals surface area contributed by atoms with E-state index in [1.165, 1.54) is 17.2 Å². The minimum absolute atomic E-state index is 0.287. The summed E-state index contributed by atoms with van der Waals surface area (Å²) in [5.74, 6) is 0.945. The summed E-state index contributed by atoms with van der Waals surface area (Å²) in [6.07, 6.45) is 4.41. The zero-order chi connectivity index (χ0) is 25.7. The minimum atomic E-state index is -3.50. The van der Waals surface area contributed by atoms with Crippen LogP contribution in [0, 0.1) is 0 Å². The predicted octanol–water partition coefficient (Wildman–Crippen LogP) is 2.57. The number of imidazole rings is 1. The Bertz CT molecular complexity index is 1810. The lowest BCUT2D eigenvalue weighted by atomic mass is 10.1. The highest BCUT2D eigenvalue weighted by Crippen LogP contribution is 2.38. The van der Waals surface area contributed by atoms with Gasteiger partial charge in [-0.05, 0) is 30.7 Å². The van der Waals surface area contributed by atoms with E-state index in [0.29, 0.717) is 50.8 Å². The first-order chi connectivity index (χ1) is 17.8. The molecular formula is C24H21ClN8O3S. The molecule has 0 aliphatic carbocycles. The number of nitrogens with one attached hydrogen (secondary N) is 2. The number of halogens is 1. The molecule has 11 nitrogen and oxygen atoms in total. The molecule has 4 heterocycles. The maximum absolute atomic E-state index is 13.9. The smallest absolute Gasteiger partial charge is 0.267 e. The number of para-hydroxylation sites is 1. The van der Waals surface area contributed by atoms with E-state index in [1.807, 2.05) is 35.2 Å². The van der Waals surface area contributed by atoms with Crippen LogP contribution in [-0.2, 0) is 10.0 Å². The van der Waals surface area contributed by atoms with Crippen molar-refractivity contribution < 1.29 is 8.42 Å². The Kier molecular flexibility index (Phi) is 5.66. The Morgan fingerprint density at radius 3 is 2.68 bits per heavy atom. The lowest BCUT2D eigenvalue weighted by Gasteiger charge is -2.27.